The molecule has 0 unspecified atom stereocenters. The summed E-state index contributed by atoms with van der Waals surface area (Å²) in [4.78, 5) is 38.3. The molecule has 25 heavy (non-hydrogen) atoms. The van der Waals surface area contributed by atoms with Gasteiger partial charge >= 0.3 is 6.03 Å². The van der Waals surface area contributed by atoms with Gasteiger partial charge in [-0.05, 0) is 44.4 Å². The smallest absolute Gasteiger partial charge is 0.325 e. The summed E-state index contributed by atoms with van der Waals surface area (Å²) in [6.45, 7) is 7.07. The summed E-state index contributed by atoms with van der Waals surface area (Å²) in [6, 6.07) is 4.80. The van der Waals surface area contributed by atoms with E-state index in [0.717, 1.165) is 4.90 Å². The molecule has 7 heteroatoms. The van der Waals surface area contributed by atoms with Gasteiger partial charge in [-0.1, -0.05) is 26.0 Å². The van der Waals surface area contributed by atoms with Gasteiger partial charge < -0.3 is 10.6 Å². The lowest BCUT2D eigenvalue weighted by Crippen LogP contribution is -2.49. The fraction of sp³-hybridized carbons (Fsp3) is 0.500. The number of imide groups is 1. The van der Waals surface area contributed by atoms with Crippen LogP contribution in [0.1, 0.15) is 46.1 Å². The van der Waals surface area contributed by atoms with E-state index in [2.05, 4.69) is 10.6 Å². The molecule has 0 spiro atoms. The molecule has 1 aliphatic rings. The van der Waals surface area contributed by atoms with Gasteiger partial charge in [0.05, 0.1) is 0 Å². The van der Waals surface area contributed by atoms with Crippen molar-refractivity contribution in [1.29, 1.82) is 0 Å². The minimum Gasteiger partial charge on any atom is -0.350 e. The van der Waals surface area contributed by atoms with Gasteiger partial charge in [0.15, 0.2) is 0 Å². The second-order valence-corrected chi connectivity index (χ2v) is 6.87. The molecule has 1 aromatic rings. The van der Waals surface area contributed by atoms with Crippen molar-refractivity contribution < 1.29 is 18.8 Å². The molecule has 1 aliphatic heterocycles. The van der Waals surface area contributed by atoms with Crippen LogP contribution in [0.5, 0.6) is 0 Å². The molecule has 0 saturated carbocycles. The van der Waals surface area contributed by atoms with Crippen molar-refractivity contribution in [3.05, 3.63) is 35.6 Å². The first-order chi connectivity index (χ1) is 11.6. The molecule has 2 rings (SSSR count). The highest BCUT2D eigenvalue weighted by atomic mass is 19.1. The van der Waals surface area contributed by atoms with Crippen molar-refractivity contribution in [3.63, 3.8) is 0 Å². The zero-order chi connectivity index (χ0) is 18.8. The largest absolute Gasteiger partial charge is 0.350 e. The van der Waals surface area contributed by atoms with Gasteiger partial charge in [-0.25, -0.2) is 9.18 Å². The van der Waals surface area contributed by atoms with Gasteiger partial charge in [0.25, 0.3) is 5.91 Å². The highest BCUT2D eigenvalue weighted by Crippen LogP contribution is 2.32. The molecule has 0 bridgehead atoms. The van der Waals surface area contributed by atoms with Crippen LogP contribution in [0.4, 0.5) is 9.18 Å². The fourth-order valence-electron chi connectivity index (χ4n) is 2.79. The minimum atomic E-state index is -1.27. The first-order valence-corrected chi connectivity index (χ1v) is 8.36. The Hall–Kier alpha value is -2.44. The number of hydrogen-bond donors (Lipinski definition) is 2. The standard InChI is InChI=1S/C18H24FN3O3/c1-5-17(3,4)20-14(23)11-22-15(24)18(6-2,21-16(22)25)12-7-9-13(19)10-8-12/h7-10H,5-6,11H2,1-4H3,(H,20,23)(H,21,25)/t18-/m1/s1. The number of nitrogens with zero attached hydrogens (tertiary/aromatic N) is 1. The van der Waals surface area contributed by atoms with Crippen molar-refractivity contribution in [2.24, 2.45) is 0 Å². The molecule has 1 heterocycles. The predicted molar refractivity (Wildman–Crippen MR) is 91.1 cm³/mol. The number of rotatable bonds is 6. The first-order valence-electron chi connectivity index (χ1n) is 8.36. The van der Waals surface area contributed by atoms with Crippen LogP contribution >= 0.6 is 0 Å². The lowest BCUT2D eigenvalue weighted by Gasteiger charge is -2.27. The molecule has 1 atom stereocenters. The highest BCUT2D eigenvalue weighted by molar-refractivity contribution is 6.09. The van der Waals surface area contributed by atoms with Crippen LogP contribution in [0.2, 0.25) is 0 Å². The Balaban J connectivity index is 2.23. The topological polar surface area (TPSA) is 78.5 Å². The van der Waals surface area contributed by atoms with Crippen molar-refractivity contribution in [3.8, 4) is 0 Å². The average molecular weight is 349 g/mol. The van der Waals surface area contributed by atoms with Crippen molar-refractivity contribution in [2.45, 2.75) is 51.6 Å². The van der Waals surface area contributed by atoms with E-state index in [-0.39, 0.29) is 6.54 Å². The normalized spacial score (nSPS) is 20.6. The second-order valence-electron chi connectivity index (χ2n) is 6.87. The Morgan fingerprint density at radius 3 is 2.36 bits per heavy atom. The van der Waals surface area contributed by atoms with Crippen LogP contribution in [0.15, 0.2) is 24.3 Å². The van der Waals surface area contributed by atoms with Gasteiger partial charge in [0, 0.05) is 5.54 Å². The Bertz CT molecular complexity index is 687. The third kappa shape index (κ3) is 3.65. The number of benzene rings is 1. The molecule has 6 nitrogen and oxygen atoms in total. The van der Waals surface area contributed by atoms with Gasteiger partial charge in [-0.3, -0.25) is 14.5 Å². The minimum absolute atomic E-state index is 0.293. The number of carbonyl (C=O) groups excluding carboxylic acids is 3. The van der Waals surface area contributed by atoms with Crippen LogP contribution in [0.25, 0.3) is 0 Å². The van der Waals surface area contributed by atoms with Crippen LogP contribution in [0, 0.1) is 5.82 Å². The Morgan fingerprint density at radius 1 is 1.24 bits per heavy atom. The van der Waals surface area contributed by atoms with E-state index >= 15 is 0 Å². The van der Waals surface area contributed by atoms with Gasteiger partial charge in [-0.15, -0.1) is 0 Å². The lowest BCUT2D eigenvalue weighted by atomic mass is 9.87. The SMILES string of the molecule is CCC(C)(C)NC(=O)CN1C(=O)N[C@](CC)(c2ccc(F)cc2)C1=O. The van der Waals surface area contributed by atoms with Crippen LogP contribution in [0.3, 0.4) is 0 Å². The number of halogens is 1. The summed E-state index contributed by atoms with van der Waals surface area (Å²) in [5.41, 5.74) is -1.20. The van der Waals surface area contributed by atoms with Crippen molar-refractivity contribution >= 4 is 17.8 Å². The molecule has 1 fully saturated rings. The number of carbonyl (C=O) groups is 3. The Morgan fingerprint density at radius 2 is 1.84 bits per heavy atom. The van der Waals surface area contributed by atoms with E-state index in [1.165, 1.54) is 24.3 Å². The summed E-state index contributed by atoms with van der Waals surface area (Å²) in [6.07, 6.45) is 1.01. The van der Waals surface area contributed by atoms with E-state index < -0.39 is 34.7 Å². The third-order valence-electron chi connectivity index (χ3n) is 4.71. The zero-order valence-corrected chi connectivity index (χ0v) is 15.0. The number of nitrogens with one attached hydrogen (secondary N) is 2. The fourth-order valence-corrected chi connectivity index (χ4v) is 2.79. The Labute approximate surface area is 146 Å². The van der Waals surface area contributed by atoms with E-state index in [0.29, 0.717) is 18.4 Å². The Kier molecular flexibility index (Phi) is 5.15. The molecule has 1 saturated heterocycles. The average Bonchev–Trinajstić information content (AvgIpc) is 2.80. The van der Waals surface area contributed by atoms with Crippen LogP contribution in [-0.2, 0) is 15.1 Å². The van der Waals surface area contributed by atoms with Crippen molar-refractivity contribution in [2.75, 3.05) is 6.54 Å². The van der Waals surface area contributed by atoms with E-state index in [9.17, 15) is 18.8 Å². The maximum Gasteiger partial charge on any atom is 0.325 e. The summed E-state index contributed by atoms with van der Waals surface area (Å²) in [7, 11) is 0. The van der Waals surface area contributed by atoms with E-state index in [1.807, 2.05) is 20.8 Å². The molecule has 4 amide bonds. The monoisotopic (exact) mass is 349 g/mol. The maximum atomic E-state index is 13.2. The first kappa shape index (κ1) is 18.9. The van der Waals surface area contributed by atoms with E-state index in [4.69, 9.17) is 0 Å². The summed E-state index contributed by atoms with van der Waals surface area (Å²) < 4.78 is 13.2. The zero-order valence-electron chi connectivity index (χ0n) is 15.0. The molecule has 2 N–H and O–H groups in total. The molecule has 0 aromatic heterocycles. The van der Waals surface area contributed by atoms with Crippen LogP contribution in [-0.4, -0.2) is 34.8 Å². The van der Waals surface area contributed by atoms with Gasteiger partial charge in [-0.2, -0.15) is 0 Å². The molecule has 1 aromatic carbocycles. The van der Waals surface area contributed by atoms with E-state index in [1.54, 1.807) is 6.92 Å². The predicted octanol–water partition coefficient (Wildman–Crippen LogP) is 2.29. The summed E-state index contributed by atoms with van der Waals surface area (Å²) in [5, 5.41) is 5.47. The molecule has 0 aliphatic carbocycles. The maximum absolute atomic E-state index is 13.2. The lowest BCUT2D eigenvalue weighted by molar-refractivity contribution is -0.135. The summed E-state index contributed by atoms with van der Waals surface area (Å²) >= 11 is 0. The van der Waals surface area contributed by atoms with Crippen molar-refractivity contribution in [1.82, 2.24) is 15.5 Å². The van der Waals surface area contributed by atoms with Gasteiger partial charge in [0.2, 0.25) is 5.91 Å². The number of urea groups is 1. The van der Waals surface area contributed by atoms with Gasteiger partial charge in [0.1, 0.15) is 17.9 Å². The third-order valence-corrected chi connectivity index (χ3v) is 4.71. The second kappa shape index (κ2) is 6.82. The highest BCUT2D eigenvalue weighted by Gasteiger charge is 2.51. The number of hydrogen-bond acceptors (Lipinski definition) is 3. The molecule has 136 valence electrons. The molecule has 0 radical (unpaired) electrons. The number of amides is 4. The molecular weight excluding hydrogens is 325 g/mol. The summed E-state index contributed by atoms with van der Waals surface area (Å²) in [5.74, 6) is -1.33. The quantitative estimate of drug-likeness (QED) is 0.774. The van der Waals surface area contributed by atoms with Crippen LogP contribution < -0.4 is 10.6 Å². The molecular formula is C18H24FN3O3.